The lowest BCUT2D eigenvalue weighted by Gasteiger charge is -2.56. The number of halogens is 1. The van der Waals surface area contributed by atoms with E-state index in [9.17, 15) is 14.3 Å². The molecule has 2 bridgehead atoms. The van der Waals surface area contributed by atoms with Gasteiger partial charge in [0.15, 0.2) is 0 Å². The second kappa shape index (κ2) is 7.54. The maximum absolute atomic E-state index is 14.2. The van der Waals surface area contributed by atoms with E-state index in [4.69, 9.17) is 9.47 Å². The van der Waals surface area contributed by atoms with E-state index in [0.717, 1.165) is 29.4 Å². The highest BCUT2D eigenvalue weighted by Gasteiger charge is 2.54. The van der Waals surface area contributed by atoms with Crippen molar-refractivity contribution in [3.05, 3.63) is 36.0 Å². The van der Waals surface area contributed by atoms with Crippen LogP contribution in [0.25, 0.3) is 10.9 Å². The van der Waals surface area contributed by atoms with Crippen LogP contribution in [0.1, 0.15) is 38.4 Å². The molecule has 0 spiro atoms. The number of benzene rings is 1. The van der Waals surface area contributed by atoms with Crippen LogP contribution in [-0.2, 0) is 9.53 Å². The summed E-state index contributed by atoms with van der Waals surface area (Å²) in [6.07, 6.45) is 1.16. The number of piperidine rings is 3. The van der Waals surface area contributed by atoms with Crippen LogP contribution in [0.4, 0.5) is 4.39 Å². The molecule has 3 aliphatic heterocycles. The van der Waals surface area contributed by atoms with Gasteiger partial charge in [0.1, 0.15) is 23.6 Å². The van der Waals surface area contributed by atoms with Gasteiger partial charge in [-0.2, -0.15) is 0 Å². The van der Waals surface area contributed by atoms with Gasteiger partial charge in [0, 0.05) is 30.6 Å². The fraction of sp³-hybridized carbons (Fsp3) is 0.545. The number of nitrogens with zero attached hydrogens (tertiary/aromatic N) is 2. The number of carbonyl (C=O) groups is 1. The predicted octanol–water partition coefficient (Wildman–Crippen LogP) is 3.03. The number of rotatable bonds is 5. The third-order valence-electron chi connectivity index (χ3n) is 6.54. The van der Waals surface area contributed by atoms with E-state index >= 15 is 0 Å². The molecule has 2 unspecified atom stereocenters. The Labute approximate surface area is 169 Å². The standard InChI is InChI=1S/C22H27FN2O4/c1-13(23)22(27)12-25-9-7-15(22)10-20(25)21(29-14(2)26)17-6-8-24-19-5-4-16(28-3)11-18(17)19/h4-6,8,11,13,15,20-21,27H,7,9-10,12H2,1-3H3/t13?,15-,20-,21+,22+/m0/s1. The predicted molar refractivity (Wildman–Crippen MR) is 106 cm³/mol. The lowest BCUT2D eigenvalue weighted by atomic mass is 9.69. The number of methoxy groups -OCH3 is 1. The number of pyridine rings is 1. The number of carbonyl (C=O) groups excluding carboxylic acids is 1. The van der Waals surface area contributed by atoms with Crippen LogP contribution < -0.4 is 4.74 Å². The molecule has 0 amide bonds. The zero-order valence-corrected chi connectivity index (χ0v) is 17.0. The van der Waals surface area contributed by atoms with E-state index in [1.165, 1.54) is 13.8 Å². The first-order valence-electron chi connectivity index (χ1n) is 10.0. The highest BCUT2D eigenvalue weighted by Crippen LogP contribution is 2.46. The molecule has 0 radical (unpaired) electrons. The SMILES string of the molecule is COc1ccc2nccc([C@@H](OC(C)=O)[C@@H]3C[C@@H]4CCN3C[C@@]4(O)C(C)F)c2c1. The number of alkyl halides is 1. The van der Waals surface area contributed by atoms with Crippen molar-refractivity contribution >= 4 is 16.9 Å². The monoisotopic (exact) mass is 402 g/mol. The Morgan fingerprint density at radius 1 is 1.41 bits per heavy atom. The Balaban J connectivity index is 1.76. The number of esters is 1. The van der Waals surface area contributed by atoms with Crippen molar-refractivity contribution in [2.75, 3.05) is 20.2 Å². The van der Waals surface area contributed by atoms with Crippen LogP contribution in [-0.4, -0.2) is 59.0 Å². The minimum absolute atomic E-state index is 0.131. The van der Waals surface area contributed by atoms with Crippen molar-refractivity contribution in [1.82, 2.24) is 9.88 Å². The Bertz CT molecular complexity index is 921. The summed E-state index contributed by atoms with van der Waals surface area (Å²) in [4.78, 5) is 18.5. The molecule has 29 heavy (non-hydrogen) atoms. The van der Waals surface area contributed by atoms with Crippen LogP contribution in [0.5, 0.6) is 5.75 Å². The van der Waals surface area contributed by atoms with E-state index in [-0.39, 0.29) is 24.5 Å². The molecule has 7 heteroatoms. The first kappa shape index (κ1) is 20.0. The molecular weight excluding hydrogens is 375 g/mol. The van der Waals surface area contributed by atoms with Gasteiger partial charge in [-0.25, -0.2) is 4.39 Å². The fourth-order valence-corrected chi connectivity index (χ4v) is 4.97. The number of hydrogen-bond donors (Lipinski definition) is 1. The van der Waals surface area contributed by atoms with Crippen LogP contribution in [0.2, 0.25) is 0 Å². The topological polar surface area (TPSA) is 71.9 Å². The molecule has 1 aromatic carbocycles. The van der Waals surface area contributed by atoms with Crippen molar-refractivity contribution in [1.29, 1.82) is 0 Å². The van der Waals surface area contributed by atoms with Crippen molar-refractivity contribution in [3.63, 3.8) is 0 Å². The molecule has 1 aromatic heterocycles. The number of fused-ring (bicyclic) bond motifs is 4. The summed E-state index contributed by atoms with van der Waals surface area (Å²) in [5, 5.41) is 11.7. The zero-order chi connectivity index (χ0) is 20.8. The quantitative estimate of drug-likeness (QED) is 0.775. The molecular formula is C22H27FN2O4. The van der Waals surface area contributed by atoms with Crippen LogP contribution in [0.3, 0.4) is 0 Å². The molecule has 3 aliphatic rings. The van der Waals surface area contributed by atoms with E-state index in [1.54, 1.807) is 13.3 Å². The highest BCUT2D eigenvalue weighted by atomic mass is 19.1. The van der Waals surface area contributed by atoms with E-state index in [1.807, 2.05) is 24.3 Å². The molecule has 156 valence electrons. The largest absolute Gasteiger partial charge is 0.497 e. The maximum atomic E-state index is 14.2. The molecule has 3 saturated heterocycles. The summed E-state index contributed by atoms with van der Waals surface area (Å²) >= 11 is 0. The van der Waals surface area contributed by atoms with Crippen molar-refractivity contribution in [2.24, 2.45) is 5.92 Å². The number of hydrogen-bond acceptors (Lipinski definition) is 6. The van der Waals surface area contributed by atoms with Crippen LogP contribution in [0.15, 0.2) is 30.5 Å². The molecule has 0 saturated carbocycles. The van der Waals surface area contributed by atoms with Gasteiger partial charge in [-0.05, 0) is 56.5 Å². The first-order chi connectivity index (χ1) is 13.8. The molecule has 6 atom stereocenters. The van der Waals surface area contributed by atoms with E-state index < -0.39 is 17.9 Å². The average Bonchev–Trinajstić information content (AvgIpc) is 2.71. The highest BCUT2D eigenvalue weighted by molar-refractivity contribution is 5.84. The molecule has 3 fully saturated rings. The third-order valence-corrected chi connectivity index (χ3v) is 6.54. The summed E-state index contributed by atoms with van der Waals surface area (Å²) in [6, 6.07) is 7.34. The second-order valence-corrected chi connectivity index (χ2v) is 8.18. The number of aromatic nitrogens is 1. The smallest absolute Gasteiger partial charge is 0.303 e. The van der Waals surface area contributed by atoms with Crippen LogP contribution >= 0.6 is 0 Å². The number of aliphatic hydroxyl groups is 1. The summed E-state index contributed by atoms with van der Waals surface area (Å²) in [7, 11) is 1.60. The van der Waals surface area contributed by atoms with E-state index in [2.05, 4.69) is 9.88 Å². The van der Waals surface area contributed by atoms with Gasteiger partial charge in [-0.15, -0.1) is 0 Å². The lowest BCUT2D eigenvalue weighted by Crippen LogP contribution is -2.67. The summed E-state index contributed by atoms with van der Waals surface area (Å²) in [5.74, 6) is 0.150. The number of ether oxygens (including phenoxy) is 2. The van der Waals surface area contributed by atoms with Crippen molar-refractivity contribution in [3.8, 4) is 5.75 Å². The minimum atomic E-state index is -1.35. The molecule has 1 N–H and O–H groups in total. The summed E-state index contributed by atoms with van der Waals surface area (Å²) < 4.78 is 25.4. The molecule has 5 rings (SSSR count). The molecule has 2 aromatic rings. The maximum Gasteiger partial charge on any atom is 0.303 e. The van der Waals surface area contributed by atoms with Gasteiger partial charge in [-0.3, -0.25) is 14.7 Å². The minimum Gasteiger partial charge on any atom is -0.497 e. The molecule has 6 nitrogen and oxygen atoms in total. The molecule has 0 aliphatic carbocycles. The van der Waals surface area contributed by atoms with Crippen LogP contribution in [0, 0.1) is 5.92 Å². The average molecular weight is 402 g/mol. The van der Waals surface area contributed by atoms with Gasteiger partial charge in [0.25, 0.3) is 0 Å². The third kappa shape index (κ3) is 3.46. The van der Waals surface area contributed by atoms with Gasteiger partial charge in [0.05, 0.1) is 18.7 Å². The van der Waals surface area contributed by atoms with Gasteiger partial charge >= 0.3 is 5.97 Å². The normalized spacial score (nSPS) is 30.7. The Morgan fingerprint density at radius 2 is 2.21 bits per heavy atom. The van der Waals surface area contributed by atoms with Crippen molar-refractivity contribution < 1.29 is 23.8 Å². The van der Waals surface area contributed by atoms with Crippen molar-refractivity contribution in [2.45, 2.75) is 50.6 Å². The zero-order valence-electron chi connectivity index (χ0n) is 17.0. The van der Waals surface area contributed by atoms with E-state index in [0.29, 0.717) is 12.2 Å². The summed E-state index contributed by atoms with van der Waals surface area (Å²) in [5.41, 5.74) is 0.280. The van der Waals surface area contributed by atoms with Gasteiger partial charge in [-0.1, -0.05) is 0 Å². The summed E-state index contributed by atoms with van der Waals surface area (Å²) in [6.45, 7) is 3.80. The Hall–Kier alpha value is -2.25. The lowest BCUT2D eigenvalue weighted by molar-refractivity contribution is -0.187. The second-order valence-electron chi connectivity index (χ2n) is 8.18. The Kier molecular flexibility index (Phi) is 5.21. The van der Waals surface area contributed by atoms with Gasteiger partial charge < -0.3 is 14.6 Å². The van der Waals surface area contributed by atoms with Gasteiger partial charge in [0.2, 0.25) is 0 Å². The molecule has 4 heterocycles. The fourth-order valence-electron chi connectivity index (χ4n) is 4.97. The Morgan fingerprint density at radius 3 is 2.83 bits per heavy atom. The first-order valence-corrected chi connectivity index (χ1v) is 10.0.